The van der Waals surface area contributed by atoms with E-state index in [1.807, 2.05) is 30.3 Å². The SMILES string of the molecule is CC1CCCC(C(=O)Oc2cccc3cccc(OC(=O)c4ccccc4)c23)C1. The molecule has 148 valence electrons. The van der Waals surface area contributed by atoms with Crippen molar-refractivity contribution >= 4 is 22.7 Å². The summed E-state index contributed by atoms with van der Waals surface area (Å²) in [5.41, 5.74) is 0.468. The first-order chi connectivity index (χ1) is 14.1. The third kappa shape index (κ3) is 4.32. The van der Waals surface area contributed by atoms with Crippen LogP contribution in [-0.2, 0) is 4.79 Å². The number of benzene rings is 3. The lowest BCUT2D eigenvalue weighted by Gasteiger charge is -2.25. The number of carbonyl (C=O) groups is 2. The van der Waals surface area contributed by atoms with Gasteiger partial charge in [-0.3, -0.25) is 4.79 Å². The fourth-order valence-corrected chi connectivity index (χ4v) is 4.02. The monoisotopic (exact) mass is 388 g/mol. The molecular weight excluding hydrogens is 364 g/mol. The highest BCUT2D eigenvalue weighted by Crippen LogP contribution is 2.36. The molecule has 1 saturated carbocycles. The highest BCUT2D eigenvalue weighted by molar-refractivity contribution is 5.99. The number of carbonyl (C=O) groups excluding carboxylic acids is 2. The maximum absolute atomic E-state index is 12.8. The van der Waals surface area contributed by atoms with Crippen LogP contribution in [0.25, 0.3) is 10.8 Å². The lowest BCUT2D eigenvalue weighted by atomic mass is 9.82. The van der Waals surface area contributed by atoms with E-state index in [2.05, 4.69) is 6.92 Å². The molecule has 0 aliphatic heterocycles. The molecule has 1 fully saturated rings. The van der Waals surface area contributed by atoms with Crippen LogP contribution in [0.3, 0.4) is 0 Å². The third-order valence-corrected chi connectivity index (χ3v) is 5.52. The Bertz CT molecular complexity index is 1020. The topological polar surface area (TPSA) is 52.6 Å². The van der Waals surface area contributed by atoms with Crippen molar-refractivity contribution < 1.29 is 19.1 Å². The van der Waals surface area contributed by atoms with E-state index in [1.165, 1.54) is 0 Å². The minimum atomic E-state index is -0.444. The Morgan fingerprint density at radius 3 is 2.21 bits per heavy atom. The van der Waals surface area contributed by atoms with Gasteiger partial charge in [-0.05, 0) is 48.4 Å². The number of esters is 2. The molecule has 0 aromatic heterocycles. The van der Waals surface area contributed by atoms with Crippen molar-refractivity contribution in [2.24, 2.45) is 11.8 Å². The van der Waals surface area contributed by atoms with Crippen LogP contribution >= 0.6 is 0 Å². The zero-order valence-electron chi connectivity index (χ0n) is 16.5. The highest BCUT2D eigenvalue weighted by atomic mass is 16.5. The van der Waals surface area contributed by atoms with Gasteiger partial charge in [0.05, 0.1) is 16.9 Å². The summed E-state index contributed by atoms with van der Waals surface area (Å²) in [6.45, 7) is 2.18. The van der Waals surface area contributed by atoms with Gasteiger partial charge in [-0.2, -0.15) is 0 Å². The van der Waals surface area contributed by atoms with Crippen molar-refractivity contribution in [2.75, 3.05) is 0 Å². The molecule has 2 unspecified atom stereocenters. The Labute approximate surface area is 170 Å². The number of fused-ring (bicyclic) bond motifs is 1. The largest absolute Gasteiger partial charge is 0.426 e. The summed E-state index contributed by atoms with van der Waals surface area (Å²) in [6, 6.07) is 19.8. The smallest absolute Gasteiger partial charge is 0.343 e. The summed E-state index contributed by atoms with van der Waals surface area (Å²) in [4.78, 5) is 25.3. The average molecular weight is 388 g/mol. The lowest BCUT2D eigenvalue weighted by Crippen LogP contribution is -2.25. The predicted molar refractivity (Wildman–Crippen MR) is 112 cm³/mol. The van der Waals surface area contributed by atoms with E-state index in [1.54, 1.807) is 36.4 Å². The second-order valence-electron chi connectivity index (χ2n) is 7.76. The normalized spacial score (nSPS) is 18.9. The first-order valence-electron chi connectivity index (χ1n) is 10.1. The van der Waals surface area contributed by atoms with Crippen LogP contribution in [0.5, 0.6) is 11.5 Å². The quantitative estimate of drug-likeness (QED) is 0.419. The lowest BCUT2D eigenvalue weighted by molar-refractivity contribution is -0.140. The van der Waals surface area contributed by atoms with Crippen molar-refractivity contribution in [3.05, 3.63) is 72.3 Å². The van der Waals surface area contributed by atoms with Gasteiger partial charge in [0.25, 0.3) is 0 Å². The van der Waals surface area contributed by atoms with Crippen LogP contribution < -0.4 is 9.47 Å². The van der Waals surface area contributed by atoms with Gasteiger partial charge < -0.3 is 9.47 Å². The van der Waals surface area contributed by atoms with Crippen LogP contribution in [0.15, 0.2) is 66.7 Å². The molecule has 0 N–H and O–H groups in total. The van der Waals surface area contributed by atoms with Crippen molar-refractivity contribution in [3.8, 4) is 11.5 Å². The van der Waals surface area contributed by atoms with Gasteiger partial charge in [0.1, 0.15) is 11.5 Å². The van der Waals surface area contributed by atoms with Gasteiger partial charge in [-0.25, -0.2) is 4.79 Å². The molecule has 0 spiro atoms. The van der Waals surface area contributed by atoms with Gasteiger partial charge in [0.2, 0.25) is 0 Å². The Kier molecular flexibility index (Phi) is 5.61. The molecule has 1 aliphatic rings. The van der Waals surface area contributed by atoms with E-state index >= 15 is 0 Å². The Balaban J connectivity index is 1.63. The first kappa shape index (κ1) is 19.2. The Morgan fingerprint density at radius 1 is 0.828 bits per heavy atom. The summed E-state index contributed by atoms with van der Waals surface area (Å²) >= 11 is 0. The fourth-order valence-electron chi connectivity index (χ4n) is 4.02. The Morgan fingerprint density at radius 2 is 1.52 bits per heavy atom. The molecule has 4 nitrogen and oxygen atoms in total. The molecule has 0 saturated heterocycles. The molecule has 1 aliphatic carbocycles. The zero-order valence-corrected chi connectivity index (χ0v) is 16.5. The van der Waals surface area contributed by atoms with Crippen LogP contribution in [0, 0.1) is 11.8 Å². The van der Waals surface area contributed by atoms with E-state index < -0.39 is 5.97 Å². The molecule has 0 heterocycles. The van der Waals surface area contributed by atoms with E-state index in [4.69, 9.17) is 9.47 Å². The number of ether oxygens (including phenoxy) is 2. The fraction of sp³-hybridized carbons (Fsp3) is 0.280. The minimum absolute atomic E-state index is 0.0759. The van der Waals surface area contributed by atoms with Crippen LogP contribution in [0.2, 0.25) is 0 Å². The molecule has 4 heteroatoms. The van der Waals surface area contributed by atoms with E-state index in [0.29, 0.717) is 28.4 Å². The van der Waals surface area contributed by atoms with Gasteiger partial charge in [0, 0.05) is 0 Å². The molecular formula is C25H24O4. The van der Waals surface area contributed by atoms with Gasteiger partial charge in [0.15, 0.2) is 0 Å². The van der Waals surface area contributed by atoms with Crippen molar-refractivity contribution in [1.82, 2.24) is 0 Å². The van der Waals surface area contributed by atoms with Crippen LogP contribution in [-0.4, -0.2) is 11.9 Å². The molecule has 0 radical (unpaired) electrons. The molecule has 0 amide bonds. The molecule has 2 atom stereocenters. The van der Waals surface area contributed by atoms with Crippen molar-refractivity contribution in [2.45, 2.75) is 32.6 Å². The second kappa shape index (κ2) is 8.48. The molecule has 4 rings (SSSR count). The van der Waals surface area contributed by atoms with E-state index in [0.717, 1.165) is 31.1 Å². The third-order valence-electron chi connectivity index (χ3n) is 5.52. The summed E-state index contributed by atoms with van der Waals surface area (Å²) < 4.78 is 11.5. The zero-order chi connectivity index (χ0) is 20.2. The maximum Gasteiger partial charge on any atom is 0.343 e. The molecule has 3 aromatic rings. The number of hydrogen-bond donors (Lipinski definition) is 0. The van der Waals surface area contributed by atoms with Crippen LogP contribution in [0.1, 0.15) is 43.0 Å². The summed E-state index contributed by atoms with van der Waals surface area (Å²) in [6.07, 6.45) is 3.94. The average Bonchev–Trinajstić information content (AvgIpc) is 2.74. The number of hydrogen-bond acceptors (Lipinski definition) is 4. The highest BCUT2D eigenvalue weighted by Gasteiger charge is 2.27. The molecule has 0 bridgehead atoms. The van der Waals surface area contributed by atoms with E-state index in [-0.39, 0.29) is 11.9 Å². The van der Waals surface area contributed by atoms with Gasteiger partial charge in [-0.15, -0.1) is 0 Å². The first-order valence-corrected chi connectivity index (χ1v) is 10.1. The molecule has 29 heavy (non-hydrogen) atoms. The standard InChI is InChI=1S/C25H24O4/c1-17-8-5-13-20(16-17)25(27)29-22-15-7-12-18-11-6-14-21(23(18)22)28-24(26)19-9-3-2-4-10-19/h2-4,6-7,9-12,14-15,17,20H,5,8,13,16H2,1H3. The predicted octanol–water partition coefficient (Wildman–Crippen LogP) is 5.79. The van der Waals surface area contributed by atoms with Gasteiger partial charge >= 0.3 is 11.9 Å². The summed E-state index contributed by atoms with van der Waals surface area (Å²) in [5.74, 6) is 0.636. The van der Waals surface area contributed by atoms with Crippen LogP contribution in [0.4, 0.5) is 0 Å². The van der Waals surface area contributed by atoms with E-state index in [9.17, 15) is 9.59 Å². The van der Waals surface area contributed by atoms with Crippen molar-refractivity contribution in [3.63, 3.8) is 0 Å². The van der Waals surface area contributed by atoms with Crippen molar-refractivity contribution in [1.29, 1.82) is 0 Å². The summed E-state index contributed by atoms with van der Waals surface area (Å²) in [5, 5.41) is 1.49. The Hall–Kier alpha value is -3.14. The number of rotatable bonds is 4. The van der Waals surface area contributed by atoms with Gasteiger partial charge in [-0.1, -0.05) is 62.2 Å². The summed E-state index contributed by atoms with van der Waals surface area (Å²) in [7, 11) is 0. The minimum Gasteiger partial charge on any atom is -0.426 e. The molecule has 3 aromatic carbocycles. The maximum atomic E-state index is 12.8. The second-order valence-corrected chi connectivity index (χ2v) is 7.76.